The number of thiophene rings is 1. The van der Waals surface area contributed by atoms with E-state index in [1.807, 2.05) is 0 Å². The van der Waals surface area contributed by atoms with Gasteiger partial charge in [0, 0.05) is 11.1 Å². The van der Waals surface area contributed by atoms with E-state index >= 15 is 0 Å². The summed E-state index contributed by atoms with van der Waals surface area (Å²) in [5, 5.41) is 0.0742. The van der Waals surface area contributed by atoms with Crippen molar-refractivity contribution in [2.45, 2.75) is 26.7 Å². The van der Waals surface area contributed by atoms with E-state index in [2.05, 4.69) is 9.71 Å². The van der Waals surface area contributed by atoms with Crippen LogP contribution in [-0.4, -0.2) is 34.4 Å². The van der Waals surface area contributed by atoms with Crippen LogP contribution in [0.5, 0.6) is 0 Å². The van der Waals surface area contributed by atoms with Crippen molar-refractivity contribution in [3.8, 4) is 0 Å². The number of anilines is 1. The van der Waals surface area contributed by atoms with Gasteiger partial charge in [-0.15, -0.1) is 22.7 Å². The molecule has 0 saturated carbocycles. The van der Waals surface area contributed by atoms with Crippen molar-refractivity contribution in [3.05, 3.63) is 53.5 Å². The summed E-state index contributed by atoms with van der Waals surface area (Å²) in [5.41, 5.74) is 0. The molecule has 3 aromatic rings. The van der Waals surface area contributed by atoms with Crippen LogP contribution in [0.3, 0.4) is 0 Å². The maximum absolute atomic E-state index is 12.6. The highest BCUT2D eigenvalue weighted by Crippen LogP contribution is 2.31. The summed E-state index contributed by atoms with van der Waals surface area (Å²) in [7, 11) is -7.83. The second-order valence-electron chi connectivity index (χ2n) is 5.61. The van der Waals surface area contributed by atoms with Gasteiger partial charge in [0.05, 0.1) is 17.9 Å². The van der Waals surface area contributed by atoms with Crippen LogP contribution in [0.2, 0.25) is 0 Å². The molecule has 12 heteroatoms. The predicted octanol–water partition coefficient (Wildman–Crippen LogP) is 2.94. The third-order valence-corrected chi connectivity index (χ3v) is 9.76. The van der Waals surface area contributed by atoms with Gasteiger partial charge in [-0.25, -0.2) is 21.8 Å². The van der Waals surface area contributed by atoms with Gasteiger partial charge in [-0.05, 0) is 31.2 Å². The van der Waals surface area contributed by atoms with Gasteiger partial charge in [0.15, 0.2) is 5.13 Å². The average Bonchev–Trinajstić information content (AvgIpc) is 3.33. The number of thiazole rings is 1. The average molecular weight is 473 g/mol. The highest BCUT2D eigenvalue weighted by Gasteiger charge is 2.25. The minimum Gasteiger partial charge on any atom is -0.466 e. The number of nitrogens with zero attached hydrogens (tertiary/aromatic N) is 1. The van der Waals surface area contributed by atoms with E-state index in [9.17, 15) is 21.6 Å². The van der Waals surface area contributed by atoms with Crippen molar-refractivity contribution in [3.63, 3.8) is 0 Å². The highest BCUT2D eigenvalue weighted by molar-refractivity contribution is 7.96. The first kappa shape index (κ1) is 21.4. The maximum atomic E-state index is 12.6. The first-order valence-corrected chi connectivity index (χ1v) is 12.9. The van der Waals surface area contributed by atoms with E-state index in [0.29, 0.717) is 16.2 Å². The first-order valence-electron chi connectivity index (χ1n) is 8.25. The van der Waals surface area contributed by atoms with E-state index in [-0.39, 0.29) is 31.5 Å². The standard InChI is InChI=1S/C17H16N2O6S4/c1-2-25-14(20)10-12-11-18-17(26-12)19-29(23,24)16-9-8-15(27-16)28(21,22)13-6-4-3-5-7-13/h3-9,11H,2,10H2,1H3,(H,18,19). The fourth-order valence-corrected chi connectivity index (χ4v) is 7.49. The number of aromatic nitrogens is 1. The second kappa shape index (κ2) is 8.61. The molecule has 0 saturated heterocycles. The lowest BCUT2D eigenvalue weighted by molar-refractivity contribution is -0.142. The van der Waals surface area contributed by atoms with Gasteiger partial charge in [0.25, 0.3) is 10.0 Å². The molecule has 0 radical (unpaired) electrons. The molecular weight excluding hydrogens is 456 g/mol. The molecule has 1 N–H and O–H groups in total. The van der Waals surface area contributed by atoms with Crippen LogP contribution in [-0.2, 0) is 35.8 Å². The predicted molar refractivity (Wildman–Crippen MR) is 109 cm³/mol. The number of sulfonamides is 1. The molecule has 0 unspecified atom stereocenters. The summed E-state index contributed by atoms with van der Waals surface area (Å²) in [4.78, 5) is 16.1. The molecule has 8 nitrogen and oxygen atoms in total. The zero-order valence-electron chi connectivity index (χ0n) is 15.1. The molecule has 0 amide bonds. The second-order valence-corrected chi connectivity index (χ2v) is 11.9. The third kappa shape index (κ3) is 5.01. The lowest BCUT2D eigenvalue weighted by Crippen LogP contribution is -2.11. The Morgan fingerprint density at radius 2 is 1.72 bits per heavy atom. The summed E-state index contributed by atoms with van der Waals surface area (Å²) in [6, 6.07) is 10.3. The van der Waals surface area contributed by atoms with Crippen molar-refractivity contribution in [2.75, 3.05) is 11.3 Å². The topological polar surface area (TPSA) is 119 Å². The Morgan fingerprint density at radius 1 is 1.03 bits per heavy atom. The molecule has 0 atom stereocenters. The van der Waals surface area contributed by atoms with E-state index in [4.69, 9.17) is 4.74 Å². The quantitative estimate of drug-likeness (QED) is 0.501. The van der Waals surface area contributed by atoms with Crippen LogP contribution in [0.15, 0.2) is 62.0 Å². The third-order valence-electron chi connectivity index (χ3n) is 3.54. The fourth-order valence-electron chi connectivity index (χ4n) is 2.26. The van der Waals surface area contributed by atoms with Gasteiger partial charge in [-0.3, -0.25) is 9.52 Å². The number of ether oxygens (including phenoxy) is 1. The zero-order valence-corrected chi connectivity index (χ0v) is 18.3. The van der Waals surface area contributed by atoms with E-state index < -0.39 is 25.8 Å². The number of hydrogen-bond acceptors (Lipinski definition) is 9. The Morgan fingerprint density at radius 3 is 2.41 bits per heavy atom. The highest BCUT2D eigenvalue weighted by atomic mass is 32.3. The molecule has 0 fully saturated rings. The summed E-state index contributed by atoms with van der Waals surface area (Å²) in [5.74, 6) is -0.431. The van der Waals surface area contributed by atoms with Gasteiger partial charge in [-0.1, -0.05) is 18.2 Å². The lowest BCUT2D eigenvalue weighted by Gasteiger charge is -2.03. The van der Waals surface area contributed by atoms with Gasteiger partial charge in [0.1, 0.15) is 8.42 Å². The molecule has 0 bridgehead atoms. The molecule has 0 aliphatic carbocycles. The van der Waals surface area contributed by atoms with Crippen molar-refractivity contribution >= 4 is 53.6 Å². The lowest BCUT2D eigenvalue weighted by atomic mass is 10.4. The summed E-state index contributed by atoms with van der Waals surface area (Å²) >= 11 is 1.65. The van der Waals surface area contributed by atoms with Crippen molar-refractivity contribution < 1.29 is 26.4 Å². The van der Waals surface area contributed by atoms with Crippen LogP contribution < -0.4 is 4.72 Å². The minimum absolute atomic E-state index is 0.00823. The normalized spacial score (nSPS) is 11.9. The number of esters is 1. The number of rotatable bonds is 8. The van der Waals surface area contributed by atoms with Crippen LogP contribution in [0, 0.1) is 0 Å². The Balaban J connectivity index is 1.78. The molecule has 0 aliphatic heterocycles. The van der Waals surface area contributed by atoms with Gasteiger partial charge in [-0.2, -0.15) is 0 Å². The van der Waals surface area contributed by atoms with Crippen LogP contribution >= 0.6 is 22.7 Å². The minimum atomic E-state index is -4.02. The SMILES string of the molecule is CCOC(=O)Cc1cnc(NS(=O)(=O)c2ccc(S(=O)(=O)c3ccccc3)s2)s1. The molecule has 154 valence electrons. The van der Waals surface area contributed by atoms with E-state index in [1.54, 1.807) is 25.1 Å². The van der Waals surface area contributed by atoms with E-state index in [1.165, 1.54) is 30.5 Å². The number of carbonyl (C=O) groups excluding carboxylic acids is 1. The summed E-state index contributed by atoms with van der Waals surface area (Å²) < 4.78 is 57.4. The van der Waals surface area contributed by atoms with Gasteiger partial charge < -0.3 is 4.74 Å². The van der Waals surface area contributed by atoms with Crippen molar-refractivity contribution in [1.29, 1.82) is 0 Å². The van der Waals surface area contributed by atoms with Gasteiger partial charge in [0.2, 0.25) is 9.84 Å². The summed E-state index contributed by atoms with van der Waals surface area (Å²) in [6.45, 7) is 1.95. The Bertz CT molecular complexity index is 1210. The van der Waals surface area contributed by atoms with Crippen LogP contribution in [0.25, 0.3) is 0 Å². The molecule has 2 aromatic heterocycles. The Kier molecular flexibility index (Phi) is 6.36. The van der Waals surface area contributed by atoms with Crippen LogP contribution in [0.4, 0.5) is 5.13 Å². The fraction of sp³-hybridized carbons (Fsp3) is 0.176. The number of carbonyl (C=O) groups is 1. The van der Waals surface area contributed by atoms with Crippen molar-refractivity contribution in [2.24, 2.45) is 0 Å². The molecule has 1 aromatic carbocycles. The largest absolute Gasteiger partial charge is 0.466 e. The zero-order chi connectivity index (χ0) is 21.1. The Labute approximate surface area is 176 Å². The molecular formula is C17H16N2O6S4. The van der Waals surface area contributed by atoms with E-state index in [0.717, 1.165) is 11.3 Å². The molecule has 3 rings (SSSR count). The Hall–Kier alpha value is -2.28. The number of sulfone groups is 1. The van der Waals surface area contributed by atoms with Gasteiger partial charge >= 0.3 is 5.97 Å². The van der Waals surface area contributed by atoms with Crippen molar-refractivity contribution in [1.82, 2.24) is 4.98 Å². The monoisotopic (exact) mass is 472 g/mol. The number of hydrogen-bond donors (Lipinski definition) is 1. The first-order chi connectivity index (χ1) is 13.7. The molecule has 29 heavy (non-hydrogen) atoms. The van der Waals surface area contributed by atoms with Crippen LogP contribution in [0.1, 0.15) is 11.8 Å². The molecule has 0 spiro atoms. The maximum Gasteiger partial charge on any atom is 0.311 e. The number of nitrogens with one attached hydrogen (secondary N) is 1. The smallest absolute Gasteiger partial charge is 0.311 e. The number of benzene rings is 1. The molecule has 0 aliphatic rings. The molecule has 2 heterocycles. The summed E-state index contributed by atoms with van der Waals surface area (Å²) in [6.07, 6.45) is 1.38.